The smallest absolute Gasteiger partial charge is 0.200 e. The number of nitrogens with one attached hydrogen (secondary N) is 1. The molecule has 0 spiro atoms. The van der Waals surface area contributed by atoms with Crippen LogP contribution in [0.25, 0.3) is 11.2 Å². The Labute approximate surface area is 117 Å². The van der Waals surface area contributed by atoms with Crippen molar-refractivity contribution in [1.82, 2.24) is 19.5 Å². The molecule has 0 aliphatic carbocycles. The zero-order valence-corrected chi connectivity index (χ0v) is 10.9. The van der Waals surface area contributed by atoms with E-state index >= 15 is 0 Å². The largest absolute Gasteiger partial charge is 0.394 e. The minimum absolute atomic E-state index is 0.0762. The first kappa shape index (κ1) is 13.4. The highest BCUT2D eigenvalue weighted by Gasteiger charge is 2.45. The highest BCUT2D eigenvalue weighted by atomic mass is 32.1. The SMILES string of the molecule is Nc1nc(=S)c2ncn([C@@H]3O[C@H](CO)[C@@H](F)[C@H]3O)c2[nH]1. The molecule has 3 rings (SSSR count). The Kier molecular flexibility index (Phi) is 3.17. The second kappa shape index (κ2) is 4.74. The number of aliphatic hydroxyl groups excluding tert-OH is 2. The van der Waals surface area contributed by atoms with Gasteiger partial charge in [0.25, 0.3) is 0 Å². The van der Waals surface area contributed by atoms with Crippen LogP contribution in [0.4, 0.5) is 10.3 Å². The zero-order chi connectivity index (χ0) is 14.4. The molecule has 0 bridgehead atoms. The fourth-order valence-corrected chi connectivity index (χ4v) is 2.48. The summed E-state index contributed by atoms with van der Waals surface area (Å²) in [5, 5.41) is 18.9. The van der Waals surface area contributed by atoms with Gasteiger partial charge in [0.2, 0.25) is 0 Å². The van der Waals surface area contributed by atoms with Gasteiger partial charge >= 0.3 is 0 Å². The van der Waals surface area contributed by atoms with Crippen LogP contribution in [-0.2, 0) is 4.74 Å². The number of hydrogen-bond acceptors (Lipinski definition) is 7. The summed E-state index contributed by atoms with van der Waals surface area (Å²) in [6, 6.07) is 0. The van der Waals surface area contributed by atoms with Crippen molar-refractivity contribution in [1.29, 1.82) is 0 Å². The number of aromatic nitrogens is 4. The molecular weight excluding hydrogens is 289 g/mol. The predicted octanol–water partition coefficient (Wildman–Crippen LogP) is -0.340. The van der Waals surface area contributed by atoms with Gasteiger partial charge in [0.15, 0.2) is 23.0 Å². The van der Waals surface area contributed by atoms with Crippen LogP contribution in [0.1, 0.15) is 6.23 Å². The van der Waals surface area contributed by atoms with E-state index in [0.29, 0.717) is 11.2 Å². The minimum Gasteiger partial charge on any atom is -0.394 e. The molecule has 108 valence electrons. The van der Waals surface area contributed by atoms with Crippen molar-refractivity contribution >= 4 is 29.3 Å². The Balaban J connectivity index is 2.09. The Hall–Kier alpha value is -1.62. The lowest BCUT2D eigenvalue weighted by atomic mass is 10.1. The van der Waals surface area contributed by atoms with Crippen LogP contribution < -0.4 is 5.73 Å². The number of aliphatic hydroxyl groups is 2. The molecule has 1 aliphatic rings. The number of nitrogens with two attached hydrogens (primary N) is 1. The van der Waals surface area contributed by atoms with Crippen molar-refractivity contribution in [2.45, 2.75) is 24.6 Å². The summed E-state index contributed by atoms with van der Waals surface area (Å²) in [6.45, 7) is -0.527. The normalized spacial score (nSPS) is 30.1. The molecule has 4 atom stereocenters. The number of anilines is 1. The molecule has 1 saturated heterocycles. The van der Waals surface area contributed by atoms with E-state index in [9.17, 15) is 9.50 Å². The molecule has 8 nitrogen and oxygen atoms in total. The van der Waals surface area contributed by atoms with E-state index in [0.717, 1.165) is 0 Å². The highest BCUT2D eigenvalue weighted by molar-refractivity contribution is 7.71. The molecule has 0 saturated carbocycles. The second-order valence-corrected chi connectivity index (χ2v) is 4.85. The van der Waals surface area contributed by atoms with Crippen LogP contribution in [0.5, 0.6) is 0 Å². The van der Waals surface area contributed by atoms with Crippen molar-refractivity contribution in [3.8, 4) is 0 Å². The maximum Gasteiger partial charge on any atom is 0.200 e. The number of alkyl halides is 1. The van der Waals surface area contributed by atoms with Crippen LogP contribution in [0, 0.1) is 4.64 Å². The maximum absolute atomic E-state index is 13.7. The van der Waals surface area contributed by atoms with Gasteiger partial charge in [-0.2, -0.15) is 0 Å². The molecular formula is C10H12FN5O3S. The number of nitrogens with zero attached hydrogens (tertiary/aromatic N) is 3. The van der Waals surface area contributed by atoms with Gasteiger partial charge in [-0.25, -0.2) is 14.4 Å². The third kappa shape index (κ3) is 1.88. The number of ether oxygens (including phenoxy) is 1. The lowest BCUT2D eigenvalue weighted by Gasteiger charge is -2.16. The van der Waals surface area contributed by atoms with Crippen LogP contribution >= 0.6 is 12.2 Å². The molecule has 0 aromatic carbocycles. The van der Waals surface area contributed by atoms with Crippen LogP contribution in [0.15, 0.2) is 6.33 Å². The maximum atomic E-state index is 13.7. The monoisotopic (exact) mass is 301 g/mol. The number of hydrogen-bond donors (Lipinski definition) is 4. The summed E-state index contributed by atoms with van der Waals surface area (Å²) >= 11 is 5.02. The zero-order valence-electron chi connectivity index (χ0n) is 10.1. The van der Waals surface area contributed by atoms with E-state index in [1.54, 1.807) is 0 Å². The second-order valence-electron chi connectivity index (χ2n) is 4.46. The van der Waals surface area contributed by atoms with Crippen LogP contribution in [0.2, 0.25) is 0 Å². The van der Waals surface area contributed by atoms with E-state index in [2.05, 4.69) is 15.0 Å². The fraction of sp³-hybridized carbons (Fsp3) is 0.500. The van der Waals surface area contributed by atoms with Gasteiger partial charge in [0, 0.05) is 0 Å². The van der Waals surface area contributed by atoms with Crippen LogP contribution in [0.3, 0.4) is 0 Å². The number of rotatable bonds is 2. The van der Waals surface area contributed by atoms with Gasteiger partial charge in [-0.1, -0.05) is 12.2 Å². The number of fused-ring (bicyclic) bond motifs is 1. The lowest BCUT2D eigenvalue weighted by Crippen LogP contribution is -2.29. The van der Waals surface area contributed by atoms with Crippen molar-refractivity contribution < 1.29 is 19.3 Å². The summed E-state index contributed by atoms with van der Waals surface area (Å²) in [6.07, 6.45) is -3.89. The van der Waals surface area contributed by atoms with Crippen molar-refractivity contribution in [3.05, 3.63) is 11.0 Å². The van der Waals surface area contributed by atoms with E-state index in [4.69, 9.17) is 27.8 Å². The Morgan fingerprint density at radius 2 is 2.35 bits per heavy atom. The number of H-pyrrole nitrogens is 1. The Morgan fingerprint density at radius 1 is 1.60 bits per heavy atom. The van der Waals surface area contributed by atoms with Crippen molar-refractivity contribution in [3.63, 3.8) is 0 Å². The molecule has 20 heavy (non-hydrogen) atoms. The highest BCUT2D eigenvalue weighted by Crippen LogP contribution is 2.33. The Morgan fingerprint density at radius 3 is 3.00 bits per heavy atom. The summed E-state index contributed by atoms with van der Waals surface area (Å²) in [5.74, 6) is 0.0762. The molecule has 1 fully saturated rings. The van der Waals surface area contributed by atoms with Crippen molar-refractivity contribution in [2.75, 3.05) is 12.3 Å². The molecule has 5 N–H and O–H groups in total. The minimum atomic E-state index is -1.69. The van der Waals surface area contributed by atoms with Gasteiger partial charge in [-0.3, -0.25) is 4.57 Å². The van der Waals surface area contributed by atoms with Gasteiger partial charge in [0.05, 0.1) is 12.9 Å². The summed E-state index contributed by atoms with van der Waals surface area (Å²) in [4.78, 5) is 10.6. The Bertz CT molecular complexity index is 704. The average molecular weight is 301 g/mol. The molecule has 10 heteroatoms. The molecule has 0 unspecified atom stereocenters. The predicted molar refractivity (Wildman–Crippen MR) is 69.0 cm³/mol. The molecule has 0 radical (unpaired) electrons. The number of imidazole rings is 1. The van der Waals surface area contributed by atoms with Gasteiger partial charge in [-0.15, -0.1) is 0 Å². The van der Waals surface area contributed by atoms with Crippen LogP contribution in [-0.4, -0.2) is 54.7 Å². The number of halogens is 1. The van der Waals surface area contributed by atoms with Gasteiger partial charge < -0.3 is 25.7 Å². The molecule has 3 heterocycles. The topological polar surface area (TPSA) is 122 Å². The third-order valence-corrected chi connectivity index (χ3v) is 3.49. The van der Waals surface area contributed by atoms with E-state index in [1.807, 2.05) is 0 Å². The fourth-order valence-electron chi connectivity index (χ4n) is 2.23. The third-order valence-electron chi connectivity index (χ3n) is 3.21. The summed E-state index contributed by atoms with van der Waals surface area (Å²) in [7, 11) is 0. The molecule has 2 aromatic heterocycles. The van der Waals surface area contributed by atoms with Gasteiger partial charge in [-0.05, 0) is 0 Å². The number of aromatic amines is 1. The number of nitrogen functional groups attached to an aromatic ring is 1. The summed E-state index contributed by atoms with van der Waals surface area (Å²) in [5.41, 5.74) is 6.32. The molecule has 0 amide bonds. The first-order chi connectivity index (χ1) is 9.52. The molecule has 1 aliphatic heterocycles. The van der Waals surface area contributed by atoms with E-state index in [1.165, 1.54) is 10.9 Å². The first-order valence-electron chi connectivity index (χ1n) is 5.83. The van der Waals surface area contributed by atoms with E-state index < -0.39 is 31.2 Å². The quantitative estimate of drug-likeness (QED) is 0.560. The first-order valence-corrected chi connectivity index (χ1v) is 6.24. The molecule has 2 aromatic rings. The van der Waals surface area contributed by atoms with Gasteiger partial charge in [0.1, 0.15) is 23.4 Å². The lowest BCUT2D eigenvalue weighted by molar-refractivity contribution is -0.0495. The average Bonchev–Trinajstić information content (AvgIpc) is 2.93. The standard InChI is InChI=1S/C10H12FN5O3S/c11-4-3(1-17)19-9(6(4)18)16-2-13-5-7(16)14-10(12)15-8(5)20/h2-4,6,9,17-18H,1H2,(H3,12,14,15,20)/t3-,4-,6-,9-/m1/s1. The summed E-state index contributed by atoms with van der Waals surface area (Å²) < 4.78 is 20.6. The van der Waals surface area contributed by atoms with E-state index in [-0.39, 0.29) is 10.6 Å². The van der Waals surface area contributed by atoms with Crippen molar-refractivity contribution in [2.24, 2.45) is 0 Å².